The van der Waals surface area contributed by atoms with E-state index >= 15 is 0 Å². The van der Waals surface area contributed by atoms with E-state index in [2.05, 4.69) is 17.2 Å². The molecule has 0 aliphatic rings. The third-order valence-corrected chi connectivity index (χ3v) is 3.80. The molecule has 17 heavy (non-hydrogen) atoms. The zero-order valence-electron chi connectivity index (χ0n) is 10.0. The molecule has 0 aliphatic carbocycles. The van der Waals surface area contributed by atoms with E-state index in [0.717, 1.165) is 16.2 Å². The molecule has 0 radical (unpaired) electrons. The van der Waals surface area contributed by atoms with Gasteiger partial charge in [-0.2, -0.15) is 11.8 Å². The molecule has 0 aliphatic heterocycles. The van der Waals surface area contributed by atoms with E-state index in [4.69, 9.17) is 5.73 Å². The van der Waals surface area contributed by atoms with Gasteiger partial charge in [0.1, 0.15) is 0 Å². The lowest BCUT2D eigenvalue weighted by atomic mass is 10.2. The lowest BCUT2D eigenvalue weighted by molar-refractivity contribution is 0.0960. The first kappa shape index (κ1) is 14.1. The van der Waals surface area contributed by atoms with Crippen molar-refractivity contribution in [1.29, 1.82) is 0 Å². The van der Waals surface area contributed by atoms with Gasteiger partial charge < -0.3 is 11.1 Å². The molecule has 0 spiro atoms. The summed E-state index contributed by atoms with van der Waals surface area (Å²) in [6, 6.07) is 1.87. The van der Waals surface area contributed by atoms with Gasteiger partial charge in [0.15, 0.2) is 0 Å². The Kier molecular flexibility index (Phi) is 6.12. The van der Waals surface area contributed by atoms with Crippen LogP contribution in [0.3, 0.4) is 0 Å². The Morgan fingerprint density at radius 3 is 3.06 bits per heavy atom. The molecule has 0 saturated carbocycles. The molecular formula is C12H16N2OS2. The molecule has 1 amide bonds. The maximum absolute atomic E-state index is 11.8. The Bertz CT molecular complexity index is 443. The average Bonchev–Trinajstić information content (AvgIpc) is 2.68. The van der Waals surface area contributed by atoms with Crippen molar-refractivity contribution in [2.45, 2.75) is 6.92 Å². The van der Waals surface area contributed by atoms with Crippen molar-refractivity contribution in [3.05, 3.63) is 21.4 Å². The number of aryl methyl sites for hydroxylation is 1. The number of amides is 1. The van der Waals surface area contributed by atoms with E-state index in [9.17, 15) is 4.79 Å². The Hall–Kier alpha value is -0.960. The predicted molar refractivity (Wildman–Crippen MR) is 75.7 cm³/mol. The summed E-state index contributed by atoms with van der Waals surface area (Å²) < 4.78 is 0. The van der Waals surface area contributed by atoms with Crippen LogP contribution in [0.2, 0.25) is 0 Å². The van der Waals surface area contributed by atoms with Crippen LogP contribution >= 0.6 is 23.1 Å². The average molecular weight is 268 g/mol. The lowest BCUT2D eigenvalue weighted by Gasteiger charge is -2.00. The highest BCUT2D eigenvalue weighted by Crippen LogP contribution is 2.20. The van der Waals surface area contributed by atoms with Crippen LogP contribution in [-0.4, -0.2) is 31.0 Å². The van der Waals surface area contributed by atoms with Crippen molar-refractivity contribution >= 4 is 29.0 Å². The minimum atomic E-state index is -0.0204. The number of nitrogens with one attached hydrogen (secondary N) is 1. The molecule has 5 heteroatoms. The van der Waals surface area contributed by atoms with E-state index in [1.165, 1.54) is 11.3 Å². The summed E-state index contributed by atoms with van der Waals surface area (Å²) in [6.45, 7) is 2.99. The van der Waals surface area contributed by atoms with E-state index in [1.54, 1.807) is 11.8 Å². The Morgan fingerprint density at radius 2 is 2.41 bits per heavy atom. The Morgan fingerprint density at radius 1 is 1.65 bits per heavy atom. The minimum absolute atomic E-state index is 0.0204. The molecule has 3 nitrogen and oxygen atoms in total. The van der Waals surface area contributed by atoms with Crippen molar-refractivity contribution in [3.8, 4) is 11.8 Å². The van der Waals surface area contributed by atoms with Crippen LogP contribution in [0, 0.1) is 18.8 Å². The molecule has 1 heterocycles. The fourth-order valence-corrected chi connectivity index (χ4v) is 2.47. The molecule has 0 aromatic carbocycles. The molecule has 1 aromatic heterocycles. The molecule has 0 fully saturated rings. The highest BCUT2D eigenvalue weighted by Gasteiger charge is 2.10. The van der Waals surface area contributed by atoms with Gasteiger partial charge in [-0.25, -0.2) is 0 Å². The fraction of sp³-hybridized carbons (Fsp3) is 0.417. The maximum atomic E-state index is 11.8. The number of thioether (sulfide) groups is 1. The molecule has 0 unspecified atom stereocenters. The van der Waals surface area contributed by atoms with Crippen LogP contribution in [0.5, 0.6) is 0 Å². The summed E-state index contributed by atoms with van der Waals surface area (Å²) in [5, 5.41) is 2.87. The van der Waals surface area contributed by atoms with Crippen molar-refractivity contribution in [2.75, 3.05) is 25.1 Å². The summed E-state index contributed by atoms with van der Waals surface area (Å²) in [5.41, 5.74) is 6.36. The minimum Gasteiger partial charge on any atom is -0.351 e. The number of hydrogen-bond acceptors (Lipinski definition) is 4. The summed E-state index contributed by atoms with van der Waals surface area (Å²) in [5.74, 6) is 6.68. The normalized spacial score (nSPS) is 9.59. The summed E-state index contributed by atoms with van der Waals surface area (Å²) in [4.78, 5) is 13.4. The first-order valence-corrected chi connectivity index (χ1v) is 7.46. The SMILES string of the molecule is CSCCNC(=O)c1cc(C)c(C#CCN)s1. The summed E-state index contributed by atoms with van der Waals surface area (Å²) >= 11 is 3.13. The largest absolute Gasteiger partial charge is 0.351 e. The van der Waals surface area contributed by atoms with Gasteiger partial charge in [-0.3, -0.25) is 4.79 Å². The van der Waals surface area contributed by atoms with Crippen LogP contribution in [-0.2, 0) is 0 Å². The van der Waals surface area contributed by atoms with Gasteiger partial charge >= 0.3 is 0 Å². The number of hydrogen-bond donors (Lipinski definition) is 2. The fourth-order valence-electron chi connectivity index (χ4n) is 1.20. The van der Waals surface area contributed by atoms with Gasteiger partial charge in [-0.15, -0.1) is 11.3 Å². The third-order valence-electron chi connectivity index (χ3n) is 2.04. The number of carbonyl (C=O) groups is 1. The topological polar surface area (TPSA) is 55.1 Å². The first-order chi connectivity index (χ1) is 8.19. The van der Waals surface area contributed by atoms with Crippen molar-refractivity contribution in [1.82, 2.24) is 5.32 Å². The van der Waals surface area contributed by atoms with Crippen LogP contribution < -0.4 is 11.1 Å². The quantitative estimate of drug-likeness (QED) is 0.642. The van der Waals surface area contributed by atoms with Crippen LogP contribution in [0.4, 0.5) is 0 Å². The number of rotatable bonds is 4. The van der Waals surface area contributed by atoms with E-state index in [0.29, 0.717) is 18.0 Å². The van der Waals surface area contributed by atoms with Gasteiger partial charge in [0.05, 0.1) is 16.3 Å². The van der Waals surface area contributed by atoms with Gasteiger partial charge in [0, 0.05) is 12.3 Å². The van der Waals surface area contributed by atoms with Crippen molar-refractivity contribution < 1.29 is 4.79 Å². The molecule has 1 rings (SSSR count). The Labute approximate surface area is 110 Å². The second kappa shape index (κ2) is 7.38. The van der Waals surface area contributed by atoms with E-state index in [1.807, 2.05) is 19.2 Å². The molecular weight excluding hydrogens is 252 g/mol. The van der Waals surface area contributed by atoms with Crippen LogP contribution in [0.15, 0.2) is 6.07 Å². The lowest BCUT2D eigenvalue weighted by Crippen LogP contribution is -2.24. The predicted octanol–water partition coefficient (Wildman–Crippen LogP) is 1.46. The van der Waals surface area contributed by atoms with Crippen molar-refractivity contribution in [2.24, 2.45) is 5.73 Å². The highest BCUT2D eigenvalue weighted by molar-refractivity contribution is 7.98. The zero-order valence-corrected chi connectivity index (χ0v) is 11.6. The maximum Gasteiger partial charge on any atom is 0.261 e. The molecule has 0 atom stereocenters. The van der Waals surface area contributed by atoms with Crippen LogP contribution in [0.1, 0.15) is 20.1 Å². The number of carbonyl (C=O) groups excluding carboxylic acids is 1. The van der Waals surface area contributed by atoms with Gasteiger partial charge in [-0.05, 0) is 24.8 Å². The van der Waals surface area contributed by atoms with Crippen LogP contribution in [0.25, 0.3) is 0 Å². The molecule has 0 bridgehead atoms. The van der Waals surface area contributed by atoms with Crippen molar-refractivity contribution in [3.63, 3.8) is 0 Å². The number of thiophene rings is 1. The third kappa shape index (κ3) is 4.43. The van der Waals surface area contributed by atoms with E-state index in [-0.39, 0.29) is 5.91 Å². The molecule has 1 aromatic rings. The first-order valence-electron chi connectivity index (χ1n) is 5.25. The number of nitrogens with two attached hydrogens (primary N) is 1. The highest BCUT2D eigenvalue weighted by atomic mass is 32.2. The molecule has 3 N–H and O–H groups in total. The smallest absolute Gasteiger partial charge is 0.261 e. The summed E-state index contributed by atoms with van der Waals surface area (Å²) in [7, 11) is 0. The second-order valence-corrected chi connectivity index (χ2v) is 5.42. The Balaban J connectivity index is 2.68. The van der Waals surface area contributed by atoms with Gasteiger partial charge in [-0.1, -0.05) is 11.8 Å². The second-order valence-electron chi connectivity index (χ2n) is 3.38. The van der Waals surface area contributed by atoms with E-state index < -0.39 is 0 Å². The zero-order chi connectivity index (χ0) is 12.7. The van der Waals surface area contributed by atoms with Gasteiger partial charge in [0.25, 0.3) is 5.91 Å². The summed E-state index contributed by atoms with van der Waals surface area (Å²) in [6.07, 6.45) is 2.02. The van der Waals surface area contributed by atoms with Gasteiger partial charge in [0.2, 0.25) is 0 Å². The molecule has 92 valence electrons. The molecule has 0 saturated heterocycles. The monoisotopic (exact) mass is 268 g/mol. The standard InChI is InChI=1S/C12H16N2OS2/c1-9-8-11(12(15)14-6-7-16-2)17-10(9)4-3-5-13/h8H,5-7,13H2,1-2H3,(H,14,15).